The molecule has 1 atom stereocenters. The van der Waals surface area contributed by atoms with E-state index in [0.717, 1.165) is 11.1 Å². The third-order valence-electron chi connectivity index (χ3n) is 5.22. The number of hydrogen-bond acceptors (Lipinski definition) is 5. The molecule has 1 N–H and O–H groups in total. The van der Waals surface area contributed by atoms with Gasteiger partial charge in [-0.15, -0.1) is 0 Å². The predicted octanol–water partition coefficient (Wildman–Crippen LogP) is 4.62. The highest BCUT2D eigenvalue weighted by Gasteiger charge is 2.45. The van der Waals surface area contributed by atoms with Crippen LogP contribution in [0, 0.1) is 6.92 Å². The van der Waals surface area contributed by atoms with Gasteiger partial charge in [0.15, 0.2) is 0 Å². The zero-order valence-electron chi connectivity index (χ0n) is 18.6. The van der Waals surface area contributed by atoms with E-state index < -0.39 is 17.7 Å². The summed E-state index contributed by atoms with van der Waals surface area (Å²) in [6, 6.07) is 11.8. The van der Waals surface area contributed by atoms with E-state index in [2.05, 4.69) is 0 Å². The van der Waals surface area contributed by atoms with Crippen molar-refractivity contribution in [1.29, 1.82) is 0 Å². The Balaban J connectivity index is 2.16. The second-order valence-electron chi connectivity index (χ2n) is 7.92. The lowest BCUT2D eigenvalue weighted by atomic mass is 9.94. The molecule has 1 aliphatic rings. The summed E-state index contributed by atoms with van der Waals surface area (Å²) in [6.45, 7) is 8.07. The molecule has 1 aliphatic heterocycles. The Morgan fingerprint density at radius 3 is 2.52 bits per heavy atom. The van der Waals surface area contributed by atoms with Crippen LogP contribution in [0.25, 0.3) is 5.76 Å². The number of rotatable bonds is 7. The van der Waals surface area contributed by atoms with Crippen LogP contribution in [0.2, 0.25) is 0 Å². The minimum absolute atomic E-state index is 0.0143. The van der Waals surface area contributed by atoms with Crippen molar-refractivity contribution in [1.82, 2.24) is 4.90 Å². The van der Waals surface area contributed by atoms with Gasteiger partial charge >= 0.3 is 0 Å². The van der Waals surface area contributed by atoms with Gasteiger partial charge in [0.2, 0.25) is 0 Å². The van der Waals surface area contributed by atoms with Gasteiger partial charge in [0, 0.05) is 12.1 Å². The number of aliphatic hydroxyl groups is 1. The van der Waals surface area contributed by atoms with E-state index >= 15 is 0 Å². The zero-order valence-corrected chi connectivity index (χ0v) is 18.6. The first kappa shape index (κ1) is 22.4. The molecule has 0 aromatic heterocycles. The number of methoxy groups -OCH3 is 1. The molecule has 6 nitrogen and oxygen atoms in total. The van der Waals surface area contributed by atoms with Gasteiger partial charge in [0.25, 0.3) is 11.7 Å². The summed E-state index contributed by atoms with van der Waals surface area (Å²) in [5, 5.41) is 11.1. The summed E-state index contributed by atoms with van der Waals surface area (Å²) in [6.07, 6.45) is 0.674. The smallest absolute Gasteiger partial charge is 0.295 e. The van der Waals surface area contributed by atoms with E-state index in [1.54, 1.807) is 25.3 Å². The molecular weight excluding hydrogens is 394 g/mol. The van der Waals surface area contributed by atoms with E-state index in [-0.39, 0.29) is 17.4 Å². The van der Waals surface area contributed by atoms with Crippen molar-refractivity contribution in [3.63, 3.8) is 0 Å². The predicted molar refractivity (Wildman–Crippen MR) is 119 cm³/mol. The maximum atomic E-state index is 13.0. The van der Waals surface area contributed by atoms with Crippen LogP contribution in [0.15, 0.2) is 48.0 Å². The van der Waals surface area contributed by atoms with E-state index in [0.29, 0.717) is 30.0 Å². The minimum atomic E-state index is -0.682. The van der Waals surface area contributed by atoms with Gasteiger partial charge in [0.05, 0.1) is 24.8 Å². The first-order valence-electron chi connectivity index (χ1n) is 10.5. The first-order chi connectivity index (χ1) is 14.8. The Morgan fingerprint density at radius 1 is 1.16 bits per heavy atom. The van der Waals surface area contributed by atoms with Gasteiger partial charge in [-0.25, -0.2) is 0 Å². The molecular formula is C25H29NO5. The highest BCUT2D eigenvalue weighted by atomic mass is 16.5. The van der Waals surface area contributed by atoms with E-state index in [4.69, 9.17) is 9.47 Å². The average molecular weight is 424 g/mol. The quantitative estimate of drug-likeness (QED) is 0.399. The van der Waals surface area contributed by atoms with Crippen LogP contribution in [0.5, 0.6) is 11.5 Å². The molecule has 2 aromatic rings. The first-order valence-corrected chi connectivity index (χ1v) is 10.5. The molecule has 0 bridgehead atoms. The molecule has 1 unspecified atom stereocenters. The Kier molecular flexibility index (Phi) is 6.68. The van der Waals surface area contributed by atoms with Crippen LogP contribution in [-0.4, -0.2) is 41.5 Å². The molecule has 2 aromatic carbocycles. The van der Waals surface area contributed by atoms with Gasteiger partial charge in [0.1, 0.15) is 17.3 Å². The summed E-state index contributed by atoms with van der Waals surface area (Å²) in [5.74, 6) is -0.149. The van der Waals surface area contributed by atoms with E-state index in [1.807, 2.05) is 52.0 Å². The summed E-state index contributed by atoms with van der Waals surface area (Å²) < 4.78 is 11.1. The number of nitrogens with zero attached hydrogens (tertiary/aromatic N) is 1. The normalized spacial score (nSPS) is 18.0. The maximum absolute atomic E-state index is 13.0. The number of benzene rings is 2. The van der Waals surface area contributed by atoms with Gasteiger partial charge in [-0.05, 0) is 68.7 Å². The summed E-state index contributed by atoms with van der Waals surface area (Å²) in [5.41, 5.74) is 2.09. The van der Waals surface area contributed by atoms with E-state index in [9.17, 15) is 14.7 Å². The highest BCUT2D eigenvalue weighted by molar-refractivity contribution is 6.46. The molecule has 1 amide bonds. The molecule has 0 spiro atoms. The molecule has 1 saturated heterocycles. The van der Waals surface area contributed by atoms with Crippen LogP contribution in [0.1, 0.15) is 49.9 Å². The van der Waals surface area contributed by atoms with Gasteiger partial charge in [-0.2, -0.15) is 0 Å². The number of carbonyl (C=O) groups excluding carboxylic acids is 2. The van der Waals surface area contributed by atoms with Gasteiger partial charge in [-0.1, -0.05) is 19.1 Å². The van der Waals surface area contributed by atoms with Crippen LogP contribution >= 0.6 is 0 Å². The van der Waals surface area contributed by atoms with E-state index in [1.165, 1.54) is 4.90 Å². The fourth-order valence-electron chi connectivity index (χ4n) is 3.91. The largest absolute Gasteiger partial charge is 0.507 e. The zero-order chi connectivity index (χ0) is 22.7. The van der Waals surface area contributed by atoms with Crippen LogP contribution in [0.3, 0.4) is 0 Å². The molecule has 1 heterocycles. The van der Waals surface area contributed by atoms with Crippen LogP contribution < -0.4 is 9.47 Å². The van der Waals surface area contributed by atoms with Gasteiger partial charge in [-0.3, -0.25) is 9.59 Å². The lowest BCUT2D eigenvalue weighted by molar-refractivity contribution is -0.139. The Morgan fingerprint density at radius 2 is 1.90 bits per heavy atom. The second kappa shape index (κ2) is 9.25. The minimum Gasteiger partial charge on any atom is -0.507 e. The molecule has 3 rings (SSSR count). The molecule has 164 valence electrons. The lowest BCUT2D eigenvalue weighted by Crippen LogP contribution is -2.30. The second-order valence-corrected chi connectivity index (χ2v) is 7.92. The molecule has 1 fully saturated rings. The Labute approximate surface area is 183 Å². The topological polar surface area (TPSA) is 76.1 Å². The summed E-state index contributed by atoms with van der Waals surface area (Å²) >= 11 is 0. The maximum Gasteiger partial charge on any atom is 0.295 e. The number of ketones is 1. The fourth-order valence-corrected chi connectivity index (χ4v) is 3.91. The molecule has 0 aliphatic carbocycles. The SMILES string of the molecule is CCCN1C(=O)C(=O)/C(=C(/O)c2ccc(OC)c(C)c2)C1c1cccc(OC(C)C)c1. The number of aliphatic hydroxyl groups excluding tert-OH is 1. The number of carbonyl (C=O) groups is 2. The number of hydrogen-bond donors (Lipinski definition) is 1. The summed E-state index contributed by atoms with van der Waals surface area (Å²) in [4.78, 5) is 27.4. The van der Waals surface area contributed by atoms with Crippen molar-refractivity contribution in [2.45, 2.75) is 46.3 Å². The number of amides is 1. The fraction of sp³-hybridized carbons (Fsp3) is 0.360. The van der Waals surface area contributed by atoms with Crippen LogP contribution in [0.4, 0.5) is 0 Å². The molecule has 0 radical (unpaired) electrons. The lowest BCUT2D eigenvalue weighted by Gasteiger charge is -2.25. The molecule has 0 saturated carbocycles. The van der Waals surface area contributed by atoms with Crippen molar-refractivity contribution in [2.75, 3.05) is 13.7 Å². The van der Waals surface area contributed by atoms with Crippen molar-refractivity contribution in [3.8, 4) is 11.5 Å². The van der Waals surface area contributed by atoms with Crippen LogP contribution in [-0.2, 0) is 9.59 Å². The Bertz CT molecular complexity index is 1020. The van der Waals surface area contributed by atoms with Crippen molar-refractivity contribution in [3.05, 3.63) is 64.7 Å². The number of Topliss-reactive ketones (excluding diaryl/α,β-unsaturated/α-hetero) is 1. The Hall–Kier alpha value is -3.28. The van der Waals surface area contributed by atoms with Crippen molar-refractivity contribution < 1.29 is 24.2 Å². The monoisotopic (exact) mass is 423 g/mol. The average Bonchev–Trinajstić information content (AvgIpc) is 2.98. The standard InChI is InChI=1S/C25H29NO5/c1-6-12-26-22(17-8-7-9-19(14-17)31-15(2)3)21(24(28)25(26)29)23(27)18-10-11-20(30-5)16(4)13-18/h7-11,13-15,22,27H,6,12H2,1-5H3/b23-21+. The van der Waals surface area contributed by atoms with Crippen molar-refractivity contribution in [2.24, 2.45) is 0 Å². The number of likely N-dealkylation sites (tertiary alicyclic amines) is 1. The molecule has 6 heteroatoms. The van der Waals surface area contributed by atoms with Crippen molar-refractivity contribution >= 4 is 17.4 Å². The molecule has 31 heavy (non-hydrogen) atoms. The van der Waals surface area contributed by atoms with Gasteiger partial charge < -0.3 is 19.5 Å². The number of ether oxygens (including phenoxy) is 2. The third kappa shape index (κ3) is 4.43. The number of aryl methyl sites for hydroxylation is 1. The highest BCUT2D eigenvalue weighted by Crippen LogP contribution is 2.40. The summed E-state index contributed by atoms with van der Waals surface area (Å²) in [7, 11) is 1.57. The third-order valence-corrected chi connectivity index (χ3v) is 5.22.